The zero-order valence-corrected chi connectivity index (χ0v) is 57.7. The molecule has 2 fully saturated rings. The zero-order valence-electron chi connectivity index (χ0n) is 55.9. The van der Waals surface area contributed by atoms with Crippen molar-refractivity contribution >= 4 is 21.6 Å². The van der Waals surface area contributed by atoms with Crippen molar-refractivity contribution in [2.45, 2.75) is 287 Å². The third kappa shape index (κ3) is 35.4. The number of ether oxygens (including phenoxy) is 3. The van der Waals surface area contributed by atoms with Crippen LogP contribution in [0.25, 0.3) is 0 Å². The fraction of sp³-hybridized carbons (Fsp3) is 0.667. The molecule has 12 atom stereocenters. The highest BCUT2D eigenvalue weighted by Gasteiger charge is 2.53. The van der Waals surface area contributed by atoms with Crippen molar-refractivity contribution in [3.63, 3.8) is 0 Å². The SMILES string of the molecule is CC(=O)N[C@H]1[C@@H](OP(=O)(O)OP(=O)(O)OC/C=C(/C)CC/C=C(/C)CC/C=C(/C)CC/C=C(/C)CC/C=C(/C)CC/C=C(/C)CC/C=C(/C)CC/C=C(/C)CC/C=C(\C)CC/C=C(\C)CCC=C(C)C)O[C@H](CO)[C@@H](O)[C@@H]1O[C@H]1O[C@H](C)[C@@H](O)[C@H](O)[C@@H]1O. The number of carbonyl (C=O) groups excluding carboxylic acids is 1. The molecule has 0 radical (unpaired) electrons. The summed E-state index contributed by atoms with van der Waals surface area (Å²) in [7, 11) is -10.9. The molecule has 17 nitrogen and oxygen atoms in total. The Hall–Kier alpha value is -3.45. The molecule has 2 saturated heterocycles. The quantitative estimate of drug-likeness (QED) is 0.0209. The molecule has 8 N–H and O–H groups in total. The predicted molar refractivity (Wildman–Crippen MR) is 354 cm³/mol. The van der Waals surface area contributed by atoms with Crippen molar-refractivity contribution in [3.05, 3.63) is 128 Å². The Bertz CT molecular complexity index is 2570. The van der Waals surface area contributed by atoms with Crippen LogP contribution in [0.3, 0.4) is 0 Å². The van der Waals surface area contributed by atoms with Gasteiger partial charge in [0.05, 0.1) is 19.3 Å². The second kappa shape index (κ2) is 43.4. The van der Waals surface area contributed by atoms with Gasteiger partial charge in [-0.15, -0.1) is 0 Å². The fourth-order valence-electron chi connectivity index (χ4n) is 10.1. The van der Waals surface area contributed by atoms with E-state index in [1.807, 2.05) is 6.92 Å². The van der Waals surface area contributed by atoms with Crippen LogP contribution in [0.4, 0.5) is 0 Å². The molecule has 0 saturated carbocycles. The van der Waals surface area contributed by atoms with E-state index >= 15 is 0 Å². The standard InChI is InChI=1S/C69H115NO16P2/c1-48(2)25-15-26-49(3)27-16-28-50(4)29-17-30-51(5)31-18-32-52(6)33-19-34-53(7)35-20-36-54(8)37-21-38-55(9)39-22-40-56(10)41-23-42-57(11)43-24-44-58(12)45-46-81-87(77,78)86-88(79,80)85-68-62(70-60(14)72)67(64(74)61(47-71)83-68)84-69-66(76)65(75)63(73)59(13)82-69/h25,27,29,31,33,35,37,39,41,43,45,59,61-69,71,73-76H,15-24,26,28,30,32,34,36,38,40,42,44,46-47H2,1-14H3,(H,70,72)(H,77,78)(H,79,80)/b49-27+,50-29+,51-31-,52-33-,53-35-,54-37-,55-39-,56-41-,57-43-,58-45-/t59-,61-,62-,63-,64-,65+,66+,67-,68-,69-/m1/s1. The van der Waals surface area contributed by atoms with Crippen molar-refractivity contribution in [1.29, 1.82) is 0 Å². The number of nitrogens with one attached hydrogen (secondary N) is 1. The molecular weight excluding hydrogens is 1160 g/mol. The van der Waals surface area contributed by atoms with Gasteiger partial charge in [0.2, 0.25) is 5.91 Å². The number of phosphoric acid groups is 2. The number of carbonyl (C=O) groups is 1. The number of amides is 1. The van der Waals surface area contributed by atoms with Crippen molar-refractivity contribution in [3.8, 4) is 0 Å². The molecule has 1 amide bonds. The second-order valence-electron chi connectivity index (χ2n) is 24.8. The first-order chi connectivity index (χ1) is 41.4. The zero-order chi connectivity index (χ0) is 66.0. The molecule has 0 aromatic rings. The van der Waals surface area contributed by atoms with Gasteiger partial charge >= 0.3 is 15.6 Å². The Labute approximate surface area is 529 Å². The molecule has 502 valence electrons. The Balaban J connectivity index is 1.69. The van der Waals surface area contributed by atoms with E-state index in [1.54, 1.807) is 0 Å². The molecule has 0 bridgehead atoms. The summed E-state index contributed by atoms with van der Waals surface area (Å²) in [6.07, 6.45) is 31.0. The smallest absolute Gasteiger partial charge is 0.394 e. The Morgan fingerprint density at radius 2 is 0.773 bits per heavy atom. The van der Waals surface area contributed by atoms with E-state index in [0.717, 1.165) is 128 Å². The van der Waals surface area contributed by atoms with E-state index in [4.69, 9.17) is 23.3 Å². The molecule has 0 aliphatic carbocycles. The van der Waals surface area contributed by atoms with Crippen molar-refractivity contribution in [2.75, 3.05) is 13.2 Å². The van der Waals surface area contributed by atoms with Gasteiger partial charge in [0.25, 0.3) is 0 Å². The highest BCUT2D eigenvalue weighted by atomic mass is 31.3. The molecule has 2 aliphatic rings. The molecule has 88 heavy (non-hydrogen) atoms. The largest absolute Gasteiger partial charge is 0.483 e. The van der Waals surface area contributed by atoms with Gasteiger partial charge in [0, 0.05) is 6.92 Å². The number of hydrogen-bond donors (Lipinski definition) is 8. The van der Waals surface area contributed by atoms with Gasteiger partial charge in [-0.25, -0.2) is 9.13 Å². The van der Waals surface area contributed by atoms with Gasteiger partial charge < -0.3 is 54.8 Å². The number of hydrogen-bond acceptors (Lipinski definition) is 14. The van der Waals surface area contributed by atoms with Crippen LogP contribution in [-0.2, 0) is 41.5 Å². The first kappa shape index (κ1) is 80.6. The fourth-order valence-corrected chi connectivity index (χ4v) is 12.2. The van der Waals surface area contributed by atoms with E-state index in [0.29, 0.717) is 12.8 Å². The number of phosphoric ester groups is 2. The van der Waals surface area contributed by atoms with Gasteiger partial charge in [0.1, 0.15) is 42.7 Å². The van der Waals surface area contributed by atoms with Crippen LogP contribution in [0.1, 0.15) is 225 Å². The normalized spacial score (nSPS) is 25.8. The highest BCUT2D eigenvalue weighted by Crippen LogP contribution is 2.61. The van der Waals surface area contributed by atoms with Crippen molar-refractivity contribution < 1.29 is 76.8 Å². The first-order valence-corrected chi connectivity index (χ1v) is 34.9. The van der Waals surface area contributed by atoms with E-state index in [9.17, 15) is 49.2 Å². The third-order valence-electron chi connectivity index (χ3n) is 15.8. The minimum atomic E-state index is -5.60. The van der Waals surface area contributed by atoms with Gasteiger partial charge in [-0.05, 0) is 218 Å². The summed E-state index contributed by atoms with van der Waals surface area (Å²) >= 11 is 0. The molecule has 0 aromatic heterocycles. The van der Waals surface area contributed by atoms with Crippen molar-refractivity contribution in [1.82, 2.24) is 5.32 Å². The summed E-state index contributed by atoms with van der Waals surface area (Å²) in [6, 6.07) is -1.70. The number of aliphatic hydroxyl groups excluding tert-OH is 5. The van der Waals surface area contributed by atoms with E-state index in [2.05, 4.69) is 147 Å². The maximum Gasteiger partial charge on any atom is 0.483 e. The Kier molecular flexibility index (Phi) is 39.8. The maximum atomic E-state index is 13.1. The number of aliphatic hydroxyl groups is 5. The maximum absolute atomic E-state index is 13.1. The van der Waals surface area contributed by atoms with Crippen LogP contribution < -0.4 is 5.32 Å². The Morgan fingerprint density at radius 1 is 0.443 bits per heavy atom. The molecule has 19 heteroatoms. The Morgan fingerprint density at radius 3 is 1.09 bits per heavy atom. The molecule has 2 unspecified atom stereocenters. The summed E-state index contributed by atoms with van der Waals surface area (Å²) in [6.45, 7) is 27.3. The molecule has 2 aliphatic heterocycles. The third-order valence-corrected chi connectivity index (χ3v) is 18.4. The lowest BCUT2D eigenvalue weighted by Gasteiger charge is -2.47. The molecule has 0 aromatic carbocycles. The van der Waals surface area contributed by atoms with Crippen LogP contribution in [0.2, 0.25) is 0 Å². The molecular formula is C69H115NO16P2. The van der Waals surface area contributed by atoms with Crippen LogP contribution in [0, 0.1) is 0 Å². The van der Waals surface area contributed by atoms with Gasteiger partial charge in [-0.2, -0.15) is 4.31 Å². The minimum Gasteiger partial charge on any atom is -0.394 e. The van der Waals surface area contributed by atoms with Gasteiger partial charge in [-0.1, -0.05) is 128 Å². The van der Waals surface area contributed by atoms with E-state index in [1.165, 1.54) is 68.7 Å². The summed E-state index contributed by atoms with van der Waals surface area (Å²) in [4.78, 5) is 33.2. The summed E-state index contributed by atoms with van der Waals surface area (Å²) in [5.74, 6) is -0.783. The average Bonchev–Trinajstić information content (AvgIpc) is 1.45. The van der Waals surface area contributed by atoms with E-state index in [-0.39, 0.29) is 0 Å². The summed E-state index contributed by atoms with van der Waals surface area (Å²) in [5.41, 5.74) is 15.2. The lowest BCUT2D eigenvalue weighted by Crippen LogP contribution is -2.67. The van der Waals surface area contributed by atoms with E-state index < -0.39 is 96.1 Å². The average molecular weight is 1280 g/mol. The first-order valence-electron chi connectivity index (χ1n) is 31.9. The number of allylic oxidation sites excluding steroid dienone is 21. The van der Waals surface area contributed by atoms with Crippen LogP contribution in [-0.4, -0.2) is 116 Å². The van der Waals surface area contributed by atoms with Crippen LogP contribution in [0.5, 0.6) is 0 Å². The second-order valence-corrected chi connectivity index (χ2v) is 27.8. The summed E-state index contributed by atoms with van der Waals surface area (Å²) in [5, 5.41) is 54.1. The minimum absolute atomic E-state index is 0.462. The monoisotopic (exact) mass is 1280 g/mol. The van der Waals surface area contributed by atoms with Gasteiger partial charge in [-0.3, -0.25) is 13.8 Å². The topological polar surface area (TPSA) is 260 Å². The summed E-state index contributed by atoms with van der Waals surface area (Å²) < 4.78 is 57.0. The van der Waals surface area contributed by atoms with Crippen LogP contribution >= 0.6 is 15.6 Å². The van der Waals surface area contributed by atoms with Crippen molar-refractivity contribution in [2.24, 2.45) is 0 Å². The molecule has 0 spiro atoms. The number of rotatable bonds is 41. The highest BCUT2D eigenvalue weighted by molar-refractivity contribution is 7.61. The van der Waals surface area contributed by atoms with Gasteiger partial charge in [0.15, 0.2) is 12.6 Å². The van der Waals surface area contributed by atoms with Crippen LogP contribution in [0.15, 0.2) is 128 Å². The molecule has 2 rings (SSSR count). The lowest BCUT2D eigenvalue weighted by atomic mass is 9.95. The lowest BCUT2D eigenvalue weighted by molar-refractivity contribution is -0.335. The molecule has 2 heterocycles. The predicted octanol–water partition coefficient (Wildman–Crippen LogP) is 15.3.